The summed E-state index contributed by atoms with van der Waals surface area (Å²) < 4.78 is 5.29. The fraction of sp³-hybridized carbons (Fsp3) is 0.333. The molecule has 0 aliphatic carbocycles. The van der Waals surface area contributed by atoms with Gasteiger partial charge >= 0.3 is 0 Å². The molecule has 5 heteroatoms. The number of hydrogen-bond acceptors (Lipinski definition) is 3. The minimum absolute atomic E-state index is 0. The molecule has 23 heavy (non-hydrogen) atoms. The molecule has 0 N–H and O–H groups in total. The first-order chi connectivity index (χ1) is 10.3. The van der Waals surface area contributed by atoms with Crippen molar-refractivity contribution in [2.24, 2.45) is 0 Å². The van der Waals surface area contributed by atoms with Gasteiger partial charge in [0.25, 0.3) is 0 Å². The first-order valence-corrected chi connectivity index (χ1v) is 7.50. The summed E-state index contributed by atoms with van der Waals surface area (Å²) in [6, 6.07) is 19.0. The van der Waals surface area contributed by atoms with Gasteiger partial charge in [-0.1, -0.05) is 30.3 Å². The third-order valence-corrected chi connectivity index (χ3v) is 4.03. The zero-order valence-electron chi connectivity index (χ0n) is 13.4. The van der Waals surface area contributed by atoms with Crippen LogP contribution in [0.4, 0.5) is 5.69 Å². The van der Waals surface area contributed by atoms with Crippen molar-refractivity contribution >= 4 is 30.5 Å². The lowest BCUT2D eigenvalue weighted by Crippen LogP contribution is -2.45. The lowest BCUT2D eigenvalue weighted by molar-refractivity contribution is 0.249. The maximum atomic E-state index is 5.29. The number of methoxy groups -OCH3 is 1. The number of anilines is 1. The maximum Gasteiger partial charge on any atom is 0.119 e. The average molecular weight is 355 g/mol. The van der Waals surface area contributed by atoms with Crippen molar-refractivity contribution in [1.82, 2.24) is 4.90 Å². The Balaban J connectivity index is 0.00000132. The number of halogens is 2. The predicted molar refractivity (Wildman–Crippen MR) is 101 cm³/mol. The molecule has 2 aromatic rings. The van der Waals surface area contributed by atoms with Crippen molar-refractivity contribution in [3.05, 3.63) is 60.2 Å². The summed E-state index contributed by atoms with van der Waals surface area (Å²) in [7, 11) is 1.72. The summed E-state index contributed by atoms with van der Waals surface area (Å²) >= 11 is 0. The van der Waals surface area contributed by atoms with Crippen LogP contribution in [0.25, 0.3) is 0 Å². The molecule has 2 aromatic carbocycles. The topological polar surface area (TPSA) is 15.7 Å². The highest BCUT2D eigenvalue weighted by molar-refractivity contribution is 5.85. The van der Waals surface area contributed by atoms with Crippen molar-refractivity contribution in [2.45, 2.75) is 6.54 Å². The zero-order chi connectivity index (χ0) is 14.5. The van der Waals surface area contributed by atoms with Gasteiger partial charge in [0.05, 0.1) is 7.11 Å². The summed E-state index contributed by atoms with van der Waals surface area (Å²) in [4.78, 5) is 4.97. The second-order valence-electron chi connectivity index (χ2n) is 5.45. The lowest BCUT2D eigenvalue weighted by atomic mass is 10.2. The molecule has 3 rings (SSSR count). The number of para-hydroxylation sites is 1. The number of nitrogens with zero attached hydrogens (tertiary/aromatic N) is 2. The van der Waals surface area contributed by atoms with Gasteiger partial charge < -0.3 is 9.64 Å². The number of piperazine rings is 1. The van der Waals surface area contributed by atoms with Gasteiger partial charge in [-0.05, 0) is 29.8 Å². The van der Waals surface area contributed by atoms with E-state index in [1.54, 1.807) is 7.11 Å². The van der Waals surface area contributed by atoms with Crippen LogP contribution in [0.3, 0.4) is 0 Å². The number of rotatable bonds is 4. The van der Waals surface area contributed by atoms with Gasteiger partial charge in [0.1, 0.15) is 5.75 Å². The molecule has 0 aromatic heterocycles. The number of hydrogen-bond donors (Lipinski definition) is 0. The van der Waals surface area contributed by atoms with Gasteiger partial charge in [-0.3, -0.25) is 4.90 Å². The Morgan fingerprint density at radius 3 is 2.22 bits per heavy atom. The second kappa shape index (κ2) is 9.66. The van der Waals surface area contributed by atoms with Gasteiger partial charge in [-0.25, -0.2) is 0 Å². The lowest BCUT2D eigenvalue weighted by Gasteiger charge is -2.36. The summed E-state index contributed by atoms with van der Waals surface area (Å²) in [6.07, 6.45) is 0. The third kappa shape index (κ3) is 5.31. The van der Waals surface area contributed by atoms with Crippen molar-refractivity contribution in [2.75, 3.05) is 38.2 Å². The minimum atomic E-state index is 0. The van der Waals surface area contributed by atoms with Gasteiger partial charge in [-0.2, -0.15) is 0 Å². The fourth-order valence-corrected chi connectivity index (χ4v) is 2.83. The van der Waals surface area contributed by atoms with Crippen LogP contribution in [-0.4, -0.2) is 38.2 Å². The summed E-state index contributed by atoms with van der Waals surface area (Å²) in [5.74, 6) is 0.940. The van der Waals surface area contributed by atoms with E-state index in [0.29, 0.717) is 0 Å². The monoisotopic (exact) mass is 354 g/mol. The van der Waals surface area contributed by atoms with Crippen molar-refractivity contribution < 1.29 is 4.74 Å². The molecule has 126 valence electrons. The highest BCUT2D eigenvalue weighted by Crippen LogP contribution is 2.18. The normalized spacial score (nSPS) is 14.6. The zero-order valence-corrected chi connectivity index (χ0v) is 15.0. The van der Waals surface area contributed by atoms with E-state index in [2.05, 4.69) is 58.3 Å². The highest BCUT2D eigenvalue weighted by Gasteiger charge is 2.17. The molecular formula is C18H24Cl2N2O. The molecule has 0 unspecified atom stereocenters. The van der Waals surface area contributed by atoms with E-state index < -0.39 is 0 Å². The SMILES string of the molecule is COc1cccc(CN2CCN(c3ccccc3)CC2)c1.Cl.Cl. The molecule has 0 radical (unpaired) electrons. The van der Waals surface area contributed by atoms with Crippen LogP contribution in [0.15, 0.2) is 54.6 Å². The van der Waals surface area contributed by atoms with E-state index in [-0.39, 0.29) is 24.8 Å². The van der Waals surface area contributed by atoms with E-state index in [1.165, 1.54) is 11.3 Å². The van der Waals surface area contributed by atoms with Crippen LogP contribution in [-0.2, 0) is 6.54 Å². The number of benzene rings is 2. The Kier molecular flexibility index (Phi) is 8.24. The number of ether oxygens (including phenoxy) is 1. The summed E-state index contributed by atoms with van der Waals surface area (Å²) in [6.45, 7) is 5.39. The first-order valence-electron chi connectivity index (χ1n) is 7.50. The Morgan fingerprint density at radius 2 is 1.57 bits per heavy atom. The predicted octanol–water partition coefficient (Wildman–Crippen LogP) is 3.86. The van der Waals surface area contributed by atoms with E-state index >= 15 is 0 Å². The first kappa shape index (κ1) is 19.6. The van der Waals surface area contributed by atoms with E-state index in [4.69, 9.17) is 4.74 Å². The Hall–Kier alpha value is -1.42. The van der Waals surface area contributed by atoms with Crippen LogP contribution >= 0.6 is 24.8 Å². The van der Waals surface area contributed by atoms with Crippen LogP contribution in [0.5, 0.6) is 5.75 Å². The van der Waals surface area contributed by atoms with Gasteiger partial charge in [0.2, 0.25) is 0 Å². The van der Waals surface area contributed by atoms with E-state index in [1.807, 2.05) is 6.07 Å². The largest absolute Gasteiger partial charge is 0.497 e. The minimum Gasteiger partial charge on any atom is -0.497 e. The highest BCUT2D eigenvalue weighted by atomic mass is 35.5. The molecule has 1 fully saturated rings. The molecule has 1 heterocycles. The average Bonchev–Trinajstić information content (AvgIpc) is 2.56. The maximum absolute atomic E-state index is 5.29. The quantitative estimate of drug-likeness (QED) is 0.828. The Bertz CT molecular complexity index is 572. The molecule has 0 spiro atoms. The standard InChI is InChI=1S/C18H22N2O.2ClH/c1-21-18-9-5-6-16(14-18)15-19-10-12-20(13-11-19)17-7-3-2-4-8-17;;/h2-9,14H,10-13,15H2,1H3;2*1H. The van der Waals surface area contributed by atoms with Gasteiger partial charge in [-0.15, -0.1) is 24.8 Å². The second-order valence-corrected chi connectivity index (χ2v) is 5.45. The molecule has 1 aliphatic rings. The van der Waals surface area contributed by atoms with Crippen molar-refractivity contribution in [1.29, 1.82) is 0 Å². The van der Waals surface area contributed by atoms with Crippen molar-refractivity contribution in [3.63, 3.8) is 0 Å². The molecule has 3 nitrogen and oxygen atoms in total. The summed E-state index contributed by atoms with van der Waals surface area (Å²) in [5.41, 5.74) is 2.65. The van der Waals surface area contributed by atoms with Gasteiger partial charge in [0, 0.05) is 38.4 Å². The molecule has 0 amide bonds. The smallest absolute Gasteiger partial charge is 0.119 e. The van der Waals surface area contributed by atoms with Crippen molar-refractivity contribution in [3.8, 4) is 5.75 Å². The van der Waals surface area contributed by atoms with Gasteiger partial charge in [0.15, 0.2) is 0 Å². The molecule has 0 bridgehead atoms. The molecule has 1 aliphatic heterocycles. The van der Waals surface area contributed by atoms with Crippen LogP contribution in [0.2, 0.25) is 0 Å². The fourth-order valence-electron chi connectivity index (χ4n) is 2.83. The Labute approximate surface area is 151 Å². The van der Waals surface area contributed by atoms with E-state index in [9.17, 15) is 0 Å². The molecule has 0 saturated carbocycles. The van der Waals surface area contributed by atoms with E-state index in [0.717, 1.165) is 38.5 Å². The van der Waals surface area contributed by atoms with Crippen LogP contribution in [0, 0.1) is 0 Å². The Morgan fingerprint density at radius 1 is 0.870 bits per heavy atom. The third-order valence-electron chi connectivity index (χ3n) is 4.03. The molecular weight excluding hydrogens is 331 g/mol. The van der Waals surface area contributed by atoms with Crippen LogP contribution in [0.1, 0.15) is 5.56 Å². The van der Waals surface area contributed by atoms with Crippen LogP contribution < -0.4 is 9.64 Å². The molecule has 0 atom stereocenters. The molecule has 1 saturated heterocycles. The summed E-state index contributed by atoms with van der Waals surface area (Å²) in [5, 5.41) is 0.